The van der Waals surface area contributed by atoms with Crippen molar-refractivity contribution in [1.29, 1.82) is 0 Å². The highest BCUT2D eigenvalue weighted by molar-refractivity contribution is 5.18. The average molecular weight is 234 g/mol. The molecule has 4 heteroatoms. The summed E-state index contributed by atoms with van der Waals surface area (Å²) in [6, 6.07) is 6.46. The van der Waals surface area contributed by atoms with Crippen molar-refractivity contribution in [2.24, 2.45) is 0 Å². The third-order valence-electron chi connectivity index (χ3n) is 4.05. The maximum Gasteiger partial charge on any atom is 0.216 e. The van der Waals surface area contributed by atoms with Gasteiger partial charge < -0.3 is 14.7 Å². The maximum atomic E-state index is 9.30. The molecule has 2 bridgehead atoms. The molecule has 2 fully saturated rings. The highest BCUT2D eigenvalue weighted by atomic mass is 16.5. The van der Waals surface area contributed by atoms with Gasteiger partial charge in [0.2, 0.25) is 11.8 Å². The van der Waals surface area contributed by atoms with Gasteiger partial charge in [-0.2, -0.15) is 4.98 Å². The van der Waals surface area contributed by atoms with E-state index in [-0.39, 0.29) is 12.0 Å². The summed E-state index contributed by atoms with van der Waals surface area (Å²) in [4.78, 5) is 6.46. The molecule has 92 valence electrons. The Morgan fingerprint density at radius 2 is 2.00 bits per heavy atom. The van der Waals surface area contributed by atoms with Gasteiger partial charge in [-0.3, -0.25) is 0 Å². The van der Waals surface area contributed by atoms with Gasteiger partial charge in [-0.25, -0.2) is 0 Å². The van der Waals surface area contributed by atoms with Crippen molar-refractivity contribution in [1.82, 2.24) is 9.88 Å². The second-order valence-electron chi connectivity index (χ2n) is 5.10. The summed E-state index contributed by atoms with van der Waals surface area (Å²) in [5.74, 6) is 0.567. The zero-order valence-corrected chi connectivity index (χ0v) is 10.0. The molecule has 0 aliphatic carbocycles. The van der Waals surface area contributed by atoms with Crippen molar-refractivity contribution in [2.45, 2.75) is 43.9 Å². The molecule has 17 heavy (non-hydrogen) atoms. The summed E-state index contributed by atoms with van der Waals surface area (Å²) in [6.07, 6.45) is 4.97. The highest BCUT2D eigenvalue weighted by Crippen LogP contribution is 2.35. The number of pyridine rings is 1. The number of aromatic hydroxyl groups is 1. The van der Waals surface area contributed by atoms with Crippen molar-refractivity contribution in [3.05, 3.63) is 18.2 Å². The quantitative estimate of drug-likeness (QED) is 0.847. The molecule has 0 saturated carbocycles. The van der Waals surface area contributed by atoms with Gasteiger partial charge in [0.1, 0.15) is 6.10 Å². The molecule has 1 aromatic rings. The zero-order chi connectivity index (χ0) is 11.8. The van der Waals surface area contributed by atoms with Gasteiger partial charge in [0.25, 0.3) is 0 Å². The molecule has 1 N–H and O–H groups in total. The summed E-state index contributed by atoms with van der Waals surface area (Å²) in [6.45, 7) is 0. The van der Waals surface area contributed by atoms with Crippen molar-refractivity contribution in [3.63, 3.8) is 0 Å². The SMILES string of the molecule is CN1[C@@H]2CC[C@H]1C[C@H](Oc1cccc(O)n1)C2. The van der Waals surface area contributed by atoms with Crippen LogP contribution < -0.4 is 4.74 Å². The minimum Gasteiger partial charge on any atom is -0.493 e. The van der Waals surface area contributed by atoms with Crippen molar-refractivity contribution >= 4 is 0 Å². The number of piperidine rings is 1. The third kappa shape index (κ3) is 2.09. The third-order valence-corrected chi connectivity index (χ3v) is 4.05. The second-order valence-corrected chi connectivity index (χ2v) is 5.10. The predicted molar refractivity (Wildman–Crippen MR) is 64.1 cm³/mol. The topological polar surface area (TPSA) is 45.6 Å². The van der Waals surface area contributed by atoms with Crippen LogP contribution in [0.5, 0.6) is 11.8 Å². The number of nitrogens with zero attached hydrogens (tertiary/aromatic N) is 2. The Bertz CT molecular complexity index is 396. The van der Waals surface area contributed by atoms with Crippen LogP contribution in [0.1, 0.15) is 25.7 Å². The fraction of sp³-hybridized carbons (Fsp3) is 0.615. The van der Waals surface area contributed by atoms with Crippen molar-refractivity contribution < 1.29 is 9.84 Å². The van der Waals surface area contributed by atoms with Gasteiger partial charge in [0.15, 0.2) is 0 Å². The number of hydrogen-bond donors (Lipinski definition) is 1. The molecule has 2 aliphatic heterocycles. The smallest absolute Gasteiger partial charge is 0.216 e. The lowest BCUT2D eigenvalue weighted by atomic mass is 10.0. The van der Waals surface area contributed by atoms with Crippen LogP contribution in [0.3, 0.4) is 0 Å². The Morgan fingerprint density at radius 3 is 2.65 bits per heavy atom. The molecule has 2 saturated heterocycles. The number of aromatic nitrogens is 1. The highest BCUT2D eigenvalue weighted by Gasteiger charge is 2.39. The van der Waals surface area contributed by atoms with E-state index in [0.29, 0.717) is 18.0 Å². The summed E-state index contributed by atoms with van der Waals surface area (Å²) >= 11 is 0. The van der Waals surface area contributed by atoms with Crippen molar-refractivity contribution in [3.8, 4) is 11.8 Å². The van der Waals surface area contributed by atoms with Crippen molar-refractivity contribution in [2.75, 3.05) is 7.05 Å². The van der Waals surface area contributed by atoms with Gasteiger partial charge in [0.05, 0.1) is 0 Å². The first-order valence-corrected chi connectivity index (χ1v) is 6.27. The molecule has 0 spiro atoms. The number of hydrogen-bond acceptors (Lipinski definition) is 4. The largest absolute Gasteiger partial charge is 0.493 e. The number of rotatable bonds is 2. The Labute approximate surface area is 101 Å². The van der Waals surface area contributed by atoms with E-state index < -0.39 is 0 Å². The average Bonchev–Trinajstić information content (AvgIpc) is 2.52. The van der Waals surface area contributed by atoms with Gasteiger partial charge in [-0.15, -0.1) is 0 Å². The standard InChI is InChI=1S/C13H18N2O2/c1-15-9-5-6-10(15)8-11(7-9)17-13-4-2-3-12(16)14-13/h2-4,9-11H,5-8H2,1H3,(H,14,16)/t9-,10+,11-. The van der Waals surface area contributed by atoms with Crippen LogP contribution in [0.2, 0.25) is 0 Å². The molecule has 3 heterocycles. The van der Waals surface area contributed by atoms with Crippen LogP contribution in [0.15, 0.2) is 18.2 Å². The van der Waals surface area contributed by atoms with Crippen LogP contribution in [-0.2, 0) is 0 Å². The Morgan fingerprint density at radius 1 is 1.29 bits per heavy atom. The molecule has 2 aliphatic rings. The number of fused-ring (bicyclic) bond motifs is 2. The summed E-state index contributed by atoms with van der Waals surface area (Å²) in [7, 11) is 2.21. The fourth-order valence-corrected chi connectivity index (χ4v) is 3.10. The lowest BCUT2D eigenvalue weighted by Crippen LogP contribution is -2.43. The van der Waals surface area contributed by atoms with E-state index in [1.165, 1.54) is 12.8 Å². The van der Waals surface area contributed by atoms with E-state index >= 15 is 0 Å². The summed E-state index contributed by atoms with van der Waals surface area (Å²) in [5, 5.41) is 9.30. The monoisotopic (exact) mass is 234 g/mol. The normalized spacial score (nSPS) is 32.6. The lowest BCUT2D eigenvalue weighted by molar-refractivity contribution is 0.0629. The molecule has 0 amide bonds. The fourth-order valence-electron chi connectivity index (χ4n) is 3.10. The molecule has 4 nitrogen and oxygen atoms in total. The van der Waals surface area contributed by atoms with Gasteiger partial charge in [-0.1, -0.05) is 6.07 Å². The van der Waals surface area contributed by atoms with E-state index in [1.807, 2.05) is 0 Å². The summed E-state index contributed by atoms with van der Waals surface area (Å²) < 4.78 is 5.87. The first kappa shape index (κ1) is 10.8. The molecule has 0 unspecified atom stereocenters. The summed E-state index contributed by atoms with van der Waals surface area (Å²) in [5.41, 5.74) is 0. The van der Waals surface area contributed by atoms with Gasteiger partial charge in [0, 0.05) is 24.2 Å². The lowest BCUT2D eigenvalue weighted by Gasteiger charge is -2.35. The molecular weight excluding hydrogens is 216 g/mol. The Kier molecular flexibility index (Phi) is 2.67. The van der Waals surface area contributed by atoms with E-state index in [0.717, 1.165) is 12.8 Å². The zero-order valence-electron chi connectivity index (χ0n) is 10.0. The van der Waals surface area contributed by atoms with Gasteiger partial charge >= 0.3 is 0 Å². The molecular formula is C13H18N2O2. The second kappa shape index (κ2) is 4.18. The van der Waals surface area contributed by atoms with Crippen LogP contribution in [0, 0.1) is 0 Å². The molecule has 3 rings (SSSR count). The van der Waals surface area contributed by atoms with E-state index in [1.54, 1.807) is 18.2 Å². The number of ether oxygens (including phenoxy) is 1. The van der Waals surface area contributed by atoms with E-state index in [4.69, 9.17) is 4.74 Å². The first-order chi connectivity index (χ1) is 8.22. The minimum absolute atomic E-state index is 0.0263. The minimum atomic E-state index is 0.0263. The molecule has 0 aromatic carbocycles. The van der Waals surface area contributed by atoms with E-state index in [9.17, 15) is 5.11 Å². The van der Waals surface area contributed by atoms with Crippen LogP contribution >= 0.6 is 0 Å². The predicted octanol–water partition coefficient (Wildman–Crippen LogP) is 1.79. The van der Waals surface area contributed by atoms with Crippen LogP contribution in [0.4, 0.5) is 0 Å². The first-order valence-electron chi connectivity index (χ1n) is 6.27. The molecule has 3 atom stereocenters. The van der Waals surface area contributed by atoms with E-state index in [2.05, 4.69) is 16.9 Å². The Balaban J connectivity index is 1.67. The van der Waals surface area contributed by atoms with Gasteiger partial charge in [-0.05, 0) is 32.7 Å². The Hall–Kier alpha value is -1.29. The van der Waals surface area contributed by atoms with Crippen LogP contribution in [-0.4, -0.2) is 40.2 Å². The van der Waals surface area contributed by atoms with Crippen LogP contribution in [0.25, 0.3) is 0 Å². The molecule has 1 aromatic heterocycles. The maximum absolute atomic E-state index is 9.30. The molecule has 0 radical (unpaired) electrons.